The molecule has 2 aliphatic heterocycles. The van der Waals surface area contributed by atoms with Crippen molar-refractivity contribution in [1.82, 2.24) is 10.3 Å². The van der Waals surface area contributed by atoms with Gasteiger partial charge in [-0.25, -0.2) is 14.6 Å². The lowest BCUT2D eigenvalue weighted by molar-refractivity contribution is -0.159. The van der Waals surface area contributed by atoms with Crippen molar-refractivity contribution >= 4 is 47.7 Å². The summed E-state index contributed by atoms with van der Waals surface area (Å²) in [5.74, 6) is -0.740. The zero-order valence-electron chi connectivity index (χ0n) is 28.0. The van der Waals surface area contributed by atoms with E-state index in [-0.39, 0.29) is 12.6 Å². The van der Waals surface area contributed by atoms with Crippen molar-refractivity contribution in [2.75, 3.05) is 6.61 Å². The molecule has 13 heteroatoms. The van der Waals surface area contributed by atoms with Gasteiger partial charge < -0.3 is 28.5 Å². The quantitative estimate of drug-likeness (QED) is 0.0633. The van der Waals surface area contributed by atoms with Crippen molar-refractivity contribution in [3.8, 4) is 0 Å². The number of aliphatic hydroxyl groups excluding tert-OH is 1. The Kier molecular flexibility index (Phi) is 16.1. The molecule has 0 saturated carbocycles. The van der Waals surface area contributed by atoms with Gasteiger partial charge in [-0.1, -0.05) is 62.5 Å². The van der Waals surface area contributed by atoms with Gasteiger partial charge in [0, 0.05) is 19.4 Å². The van der Waals surface area contributed by atoms with Gasteiger partial charge in [-0.2, -0.15) is 0 Å². The fourth-order valence-corrected chi connectivity index (χ4v) is 5.33. The third-order valence-corrected chi connectivity index (χ3v) is 8.10. The first kappa shape index (κ1) is 38.7. The molecule has 264 valence electrons. The normalized spacial score (nSPS) is 25.0. The highest BCUT2D eigenvalue weighted by Crippen LogP contribution is 2.36. The van der Waals surface area contributed by atoms with Gasteiger partial charge in [0.2, 0.25) is 11.8 Å². The summed E-state index contributed by atoms with van der Waals surface area (Å²) in [6.45, 7) is 7.12. The molecule has 48 heavy (non-hydrogen) atoms. The number of rotatable bonds is 13. The van der Waals surface area contributed by atoms with Gasteiger partial charge in [-0.15, -0.1) is 11.6 Å². The number of epoxide rings is 1. The number of oxazole rings is 1. The van der Waals surface area contributed by atoms with Gasteiger partial charge in [0.15, 0.2) is 12.2 Å². The largest absolute Gasteiger partial charge is 0.465 e. The molecule has 0 unspecified atom stereocenters. The zero-order valence-corrected chi connectivity index (χ0v) is 28.8. The van der Waals surface area contributed by atoms with E-state index in [0.717, 1.165) is 50.7 Å². The first-order chi connectivity index (χ1) is 23.0. The number of allylic oxidation sites excluding steroid dienone is 3. The van der Waals surface area contributed by atoms with E-state index in [4.69, 9.17) is 35.0 Å². The molecule has 3 rings (SSSR count). The molecule has 6 atom stereocenters. The van der Waals surface area contributed by atoms with Gasteiger partial charge in [0.05, 0.1) is 18.1 Å². The van der Waals surface area contributed by atoms with Gasteiger partial charge >= 0.3 is 18.0 Å². The number of hydrogen-bond acceptors (Lipinski definition) is 11. The summed E-state index contributed by atoms with van der Waals surface area (Å²) in [5.41, 5.74) is 1.55. The Hall–Kier alpha value is -3.74. The standard InChI is InChI=1S/C35H47ClN2O10/c1-5-6-7-8-9-16-29(40)44-20-13-12-14-25(36)31(42)33-34(48-35(43)37-24(4)39)32-27(46-32)19-18-22(2)21-28-38-26(23(3)45-28)15-10-11-17-30(41)47-33/h10-12,14-15,17,21,25,27,31-34,42H,5-9,13,16,18-20H2,1-4H3,(H,37,39,43)/b14-12+,15-10+,17-11-,22-21-/t25-,27-,31-,32+,33-,34+/m0/s1. The van der Waals surface area contributed by atoms with Crippen LogP contribution in [0, 0.1) is 6.92 Å². The molecule has 2 aliphatic rings. The number of alkyl carbamates (subject to hydrolysis) is 1. The van der Waals surface area contributed by atoms with Gasteiger partial charge in [0.25, 0.3) is 0 Å². The summed E-state index contributed by atoms with van der Waals surface area (Å²) >= 11 is 6.56. The summed E-state index contributed by atoms with van der Waals surface area (Å²) < 4.78 is 28.1. The second-order valence-electron chi connectivity index (χ2n) is 11.9. The molecule has 2 bridgehead atoms. The van der Waals surface area contributed by atoms with Crippen molar-refractivity contribution in [2.24, 2.45) is 0 Å². The van der Waals surface area contributed by atoms with Crippen LogP contribution in [0.25, 0.3) is 12.2 Å². The maximum atomic E-state index is 13.0. The molecule has 0 radical (unpaired) electrons. The molecule has 2 N–H and O–H groups in total. The maximum absolute atomic E-state index is 13.0. The number of carbonyl (C=O) groups excluding carboxylic acids is 4. The number of fused-ring (bicyclic) bond motifs is 3. The van der Waals surface area contributed by atoms with Crippen LogP contribution in [0.5, 0.6) is 0 Å². The van der Waals surface area contributed by atoms with Gasteiger partial charge in [0.1, 0.15) is 23.7 Å². The SMILES string of the molecule is CCCCCCCC(=O)OCC/C=C/[C@H](Cl)[C@H](O)[C@@H]1OC(=O)/C=C\C=C\c2nc(oc2C)/C=C(/C)CC[C@@H]2O[C@H]2[C@H]1OC(=O)NC(C)=O. The summed E-state index contributed by atoms with van der Waals surface area (Å²) in [6, 6.07) is 0. The molecule has 12 nitrogen and oxygen atoms in total. The molecule has 0 aromatic carbocycles. The van der Waals surface area contributed by atoms with Crippen LogP contribution in [0.1, 0.15) is 95.9 Å². The Balaban J connectivity index is 1.75. The Labute approximate surface area is 286 Å². The maximum Gasteiger partial charge on any atom is 0.414 e. The van der Waals surface area contributed by atoms with E-state index in [9.17, 15) is 24.3 Å². The number of halogens is 1. The summed E-state index contributed by atoms with van der Waals surface area (Å²) in [6.07, 6.45) is 11.0. The topological polar surface area (TPSA) is 167 Å². The average Bonchev–Trinajstić information content (AvgIpc) is 3.72. The molecular weight excluding hydrogens is 644 g/mol. The number of ether oxygens (including phenoxy) is 4. The predicted octanol–water partition coefficient (Wildman–Crippen LogP) is 5.89. The van der Waals surface area contributed by atoms with Crippen molar-refractivity contribution in [2.45, 2.75) is 121 Å². The van der Waals surface area contributed by atoms with Crippen molar-refractivity contribution < 1.29 is 47.6 Å². The minimum Gasteiger partial charge on any atom is -0.465 e. The van der Waals surface area contributed by atoms with Gasteiger partial charge in [-0.05, 0) is 51.7 Å². The lowest BCUT2D eigenvalue weighted by atomic mass is 9.98. The number of nitrogens with zero attached hydrogens (tertiary/aromatic N) is 1. The molecule has 1 aromatic rings. The molecule has 1 saturated heterocycles. The number of aromatic nitrogens is 1. The Morgan fingerprint density at radius 1 is 1.17 bits per heavy atom. The van der Waals surface area contributed by atoms with Crippen LogP contribution in [-0.2, 0) is 33.3 Å². The van der Waals surface area contributed by atoms with E-state index in [0.29, 0.717) is 43.0 Å². The lowest BCUT2D eigenvalue weighted by Gasteiger charge is -2.30. The molecule has 0 aliphatic carbocycles. The smallest absolute Gasteiger partial charge is 0.414 e. The van der Waals surface area contributed by atoms with E-state index in [1.165, 1.54) is 12.2 Å². The minimum absolute atomic E-state index is 0.137. The number of aryl methyl sites for hydroxylation is 1. The summed E-state index contributed by atoms with van der Waals surface area (Å²) in [4.78, 5) is 53.6. The number of imide groups is 1. The molecule has 1 aromatic heterocycles. The molecule has 2 amide bonds. The lowest BCUT2D eigenvalue weighted by Crippen LogP contribution is -2.51. The highest BCUT2D eigenvalue weighted by molar-refractivity contribution is 6.22. The monoisotopic (exact) mass is 690 g/mol. The molecular formula is C35H47ClN2O10. The minimum atomic E-state index is -1.57. The Morgan fingerprint density at radius 3 is 2.67 bits per heavy atom. The van der Waals surface area contributed by atoms with Crippen LogP contribution >= 0.6 is 11.6 Å². The number of nitrogens with one attached hydrogen (secondary N) is 1. The fourth-order valence-electron chi connectivity index (χ4n) is 5.09. The number of esters is 2. The number of carbonyl (C=O) groups is 4. The number of amides is 2. The van der Waals surface area contributed by atoms with Crippen LogP contribution in [-0.4, -0.2) is 76.5 Å². The average molecular weight is 691 g/mol. The number of hydrogen-bond donors (Lipinski definition) is 2. The molecule has 3 heterocycles. The number of unbranched alkanes of at least 4 members (excludes halogenated alkanes) is 4. The van der Waals surface area contributed by atoms with Crippen LogP contribution in [0.15, 0.2) is 40.4 Å². The number of aliphatic hydroxyl groups is 1. The third kappa shape index (κ3) is 13.4. The second kappa shape index (κ2) is 19.9. The van der Waals surface area contributed by atoms with E-state index in [1.54, 1.807) is 25.2 Å². The molecule has 0 spiro atoms. The van der Waals surface area contributed by atoms with Crippen LogP contribution in [0.3, 0.4) is 0 Å². The van der Waals surface area contributed by atoms with Crippen molar-refractivity contribution in [1.29, 1.82) is 0 Å². The number of cyclic esters (lactones) is 1. The molecule has 1 fully saturated rings. The van der Waals surface area contributed by atoms with E-state index in [2.05, 4.69) is 11.9 Å². The third-order valence-electron chi connectivity index (χ3n) is 7.70. The highest BCUT2D eigenvalue weighted by atomic mass is 35.5. The Bertz CT molecular complexity index is 1370. The van der Waals surface area contributed by atoms with Crippen LogP contribution in [0.2, 0.25) is 0 Å². The van der Waals surface area contributed by atoms with Crippen LogP contribution in [0.4, 0.5) is 4.79 Å². The zero-order chi connectivity index (χ0) is 35.1. The van der Waals surface area contributed by atoms with E-state index >= 15 is 0 Å². The first-order valence-electron chi connectivity index (χ1n) is 16.5. The number of alkyl halides is 1. The fraction of sp³-hybridized carbons (Fsp3) is 0.571. The van der Waals surface area contributed by atoms with E-state index in [1.807, 2.05) is 18.3 Å². The van der Waals surface area contributed by atoms with Crippen molar-refractivity contribution in [3.63, 3.8) is 0 Å². The Morgan fingerprint density at radius 2 is 1.92 bits per heavy atom. The summed E-state index contributed by atoms with van der Waals surface area (Å²) in [7, 11) is 0. The van der Waals surface area contributed by atoms with Crippen molar-refractivity contribution in [3.05, 3.63) is 53.3 Å². The predicted molar refractivity (Wildman–Crippen MR) is 179 cm³/mol. The first-order valence-corrected chi connectivity index (χ1v) is 16.9. The van der Waals surface area contributed by atoms with Crippen LogP contribution < -0.4 is 5.32 Å². The van der Waals surface area contributed by atoms with E-state index < -0.39 is 53.9 Å². The second-order valence-corrected chi connectivity index (χ2v) is 12.4. The highest BCUT2D eigenvalue weighted by Gasteiger charge is 2.53. The van der Waals surface area contributed by atoms with Gasteiger partial charge in [-0.3, -0.25) is 14.9 Å². The summed E-state index contributed by atoms with van der Waals surface area (Å²) in [5, 5.41) is 12.3.